The van der Waals surface area contributed by atoms with E-state index >= 15 is 0 Å². The molecule has 3 rings (SSSR count). The van der Waals surface area contributed by atoms with E-state index in [4.69, 9.17) is 4.98 Å². The summed E-state index contributed by atoms with van der Waals surface area (Å²) in [6.45, 7) is 2.26. The van der Waals surface area contributed by atoms with Crippen LogP contribution in [0.4, 0.5) is 0 Å². The van der Waals surface area contributed by atoms with Crippen LogP contribution in [0.15, 0.2) is 35.6 Å². The minimum absolute atomic E-state index is 0.696. The number of nitriles is 1. The van der Waals surface area contributed by atoms with Crippen LogP contribution in [-0.2, 0) is 18.6 Å². The lowest BCUT2D eigenvalue weighted by molar-refractivity contribution is 0.491. The monoisotopic (exact) mass is 295 g/mol. The molecular weight excluding hydrogens is 278 g/mol. The number of hydrogen-bond donors (Lipinski definition) is 0. The molecule has 0 aromatic carbocycles. The van der Waals surface area contributed by atoms with Crippen LogP contribution in [0.5, 0.6) is 0 Å². The van der Waals surface area contributed by atoms with E-state index in [0.717, 1.165) is 23.6 Å². The Morgan fingerprint density at radius 2 is 2.19 bits per heavy atom. The van der Waals surface area contributed by atoms with E-state index in [1.54, 1.807) is 24.2 Å². The summed E-state index contributed by atoms with van der Waals surface area (Å²) in [5, 5.41) is 10.2. The molecule has 2 heterocycles. The predicted molar refractivity (Wildman–Crippen MR) is 83.9 cm³/mol. The van der Waals surface area contributed by atoms with Crippen LogP contribution >= 0.6 is 11.8 Å². The van der Waals surface area contributed by atoms with Crippen LogP contribution < -0.4 is 0 Å². The van der Waals surface area contributed by atoms with Gasteiger partial charge in [-0.1, -0.05) is 6.92 Å². The van der Waals surface area contributed by atoms with Crippen LogP contribution in [0.2, 0.25) is 0 Å². The van der Waals surface area contributed by atoms with Gasteiger partial charge in [0, 0.05) is 23.8 Å². The van der Waals surface area contributed by atoms with E-state index in [1.807, 2.05) is 18.2 Å². The summed E-state index contributed by atoms with van der Waals surface area (Å²) in [5.41, 5.74) is 4.36. The summed E-state index contributed by atoms with van der Waals surface area (Å²) in [6, 6.07) is 8.35. The first-order valence-electron chi connectivity index (χ1n) is 7.21. The molecule has 1 aliphatic carbocycles. The SMILES string of the molecule is CC1CCc2nc(SCc3ccncc3)c(C#N)cc2C1. The van der Waals surface area contributed by atoms with E-state index in [2.05, 4.69) is 18.0 Å². The lowest BCUT2D eigenvalue weighted by Gasteiger charge is -2.21. The zero-order valence-corrected chi connectivity index (χ0v) is 12.9. The Balaban J connectivity index is 1.83. The van der Waals surface area contributed by atoms with Crippen molar-refractivity contribution in [1.82, 2.24) is 9.97 Å². The Bertz CT molecular complexity index is 676. The summed E-state index contributed by atoms with van der Waals surface area (Å²) in [7, 11) is 0. The first-order chi connectivity index (χ1) is 10.3. The normalized spacial score (nSPS) is 17.0. The molecule has 0 amide bonds. The van der Waals surface area contributed by atoms with Crippen molar-refractivity contribution in [3.63, 3.8) is 0 Å². The number of thioether (sulfide) groups is 1. The average Bonchev–Trinajstić information content (AvgIpc) is 2.53. The summed E-state index contributed by atoms with van der Waals surface area (Å²) < 4.78 is 0. The molecule has 21 heavy (non-hydrogen) atoms. The fourth-order valence-corrected chi connectivity index (χ4v) is 3.58. The Hall–Kier alpha value is -1.86. The van der Waals surface area contributed by atoms with E-state index in [9.17, 15) is 5.26 Å². The van der Waals surface area contributed by atoms with Gasteiger partial charge in [-0.05, 0) is 54.5 Å². The average molecular weight is 295 g/mol. The van der Waals surface area contributed by atoms with E-state index in [1.165, 1.54) is 23.2 Å². The molecular formula is C17H17N3S. The van der Waals surface area contributed by atoms with Gasteiger partial charge in [0.05, 0.1) is 5.56 Å². The van der Waals surface area contributed by atoms with Crippen LogP contribution in [0, 0.1) is 17.2 Å². The summed E-state index contributed by atoms with van der Waals surface area (Å²) in [6.07, 6.45) is 6.86. The van der Waals surface area contributed by atoms with Gasteiger partial charge in [0.25, 0.3) is 0 Å². The molecule has 1 aliphatic rings. The van der Waals surface area contributed by atoms with Crippen molar-refractivity contribution in [2.24, 2.45) is 5.92 Å². The second-order valence-electron chi connectivity index (χ2n) is 5.55. The summed E-state index contributed by atoms with van der Waals surface area (Å²) in [4.78, 5) is 8.78. The minimum Gasteiger partial charge on any atom is -0.265 e. The second kappa shape index (κ2) is 6.28. The van der Waals surface area contributed by atoms with Crippen molar-refractivity contribution in [2.75, 3.05) is 0 Å². The van der Waals surface area contributed by atoms with Crippen molar-refractivity contribution in [2.45, 2.75) is 37.0 Å². The molecule has 0 spiro atoms. The van der Waals surface area contributed by atoms with Gasteiger partial charge >= 0.3 is 0 Å². The molecule has 1 atom stereocenters. The number of rotatable bonds is 3. The largest absolute Gasteiger partial charge is 0.265 e. The van der Waals surface area contributed by atoms with Gasteiger partial charge in [-0.3, -0.25) is 4.98 Å². The standard InChI is InChI=1S/C17H17N3S/c1-12-2-3-16-14(8-12)9-15(10-18)17(20-16)21-11-13-4-6-19-7-5-13/h4-7,9,12H,2-3,8,11H2,1H3. The third kappa shape index (κ3) is 3.25. The summed E-state index contributed by atoms with van der Waals surface area (Å²) >= 11 is 1.64. The van der Waals surface area contributed by atoms with Crippen LogP contribution in [-0.4, -0.2) is 9.97 Å². The number of aryl methyl sites for hydroxylation is 1. The van der Waals surface area contributed by atoms with Gasteiger partial charge in [-0.2, -0.15) is 5.26 Å². The Morgan fingerprint density at radius 1 is 1.38 bits per heavy atom. The number of hydrogen-bond acceptors (Lipinski definition) is 4. The fourth-order valence-electron chi connectivity index (χ4n) is 2.65. The highest BCUT2D eigenvalue weighted by Crippen LogP contribution is 2.30. The third-order valence-electron chi connectivity index (χ3n) is 3.84. The van der Waals surface area contributed by atoms with Crippen molar-refractivity contribution < 1.29 is 0 Å². The number of nitrogens with zero attached hydrogens (tertiary/aromatic N) is 3. The lowest BCUT2D eigenvalue weighted by Crippen LogP contribution is -2.14. The molecule has 3 nitrogen and oxygen atoms in total. The number of fused-ring (bicyclic) bond motifs is 1. The molecule has 0 radical (unpaired) electrons. The molecule has 0 N–H and O–H groups in total. The summed E-state index contributed by atoms with van der Waals surface area (Å²) in [5.74, 6) is 1.51. The van der Waals surface area contributed by atoms with E-state index in [-0.39, 0.29) is 0 Å². The van der Waals surface area contributed by atoms with E-state index in [0.29, 0.717) is 11.5 Å². The van der Waals surface area contributed by atoms with Gasteiger partial charge < -0.3 is 0 Å². The highest BCUT2D eigenvalue weighted by Gasteiger charge is 2.19. The van der Waals surface area contributed by atoms with Crippen LogP contribution in [0.25, 0.3) is 0 Å². The smallest absolute Gasteiger partial charge is 0.114 e. The lowest BCUT2D eigenvalue weighted by atomic mass is 9.87. The second-order valence-corrected chi connectivity index (χ2v) is 6.51. The topological polar surface area (TPSA) is 49.6 Å². The van der Waals surface area contributed by atoms with Gasteiger partial charge in [0.2, 0.25) is 0 Å². The van der Waals surface area contributed by atoms with Crippen molar-refractivity contribution in [3.05, 3.63) is 53.0 Å². The van der Waals surface area contributed by atoms with Gasteiger partial charge in [0.1, 0.15) is 11.1 Å². The number of aromatic nitrogens is 2. The first-order valence-corrected chi connectivity index (χ1v) is 8.19. The predicted octanol–water partition coefficient (Wildman–Crippen LogP) is 3.77. The maximum Gasteiger partial charge on any atom is 0.114 e. The van der Waals surface area contributed by atoms with Gasteiger partial charge in [0.15, 0.2) is 0 Å². The molecule has 0 bridgehead atoms. The highest BCUT2D eigenvalue weighted by molar-refractivity contribution is 7.98. The molecule has 4 heteroatoms. The number of pyridine rings is 2. The Kier molecular flexibility index (Phi) is 4.21. The zero-order valence-electron chi connectivity index (χ0n) is 12.0. The maximum atomic E-state index is 9.37. The van der Waals surface area contributed by atoms with Crippen molar-refractivity contribution in [3.8, 4) is 6.07 Å². The molecule has 106 valence electrons. The Morgan fingerprint density at radius 3 is 2.95 bits per heavy atom. The van der Waals surface area contributed by atoms with Crippen LogP contribution in [0.1, 0.15) is 35.7 Å². The molecule has 0 saturated carbocycles. The van der Waals surface area contributed by atoms with Gasteiger partial charge in [-0.25, -0.2) is 4.98 Å². The molecule has 1 unspecified atom stereocenters. The first kappa shape index (κ1) is 14.1. The zero-order chi connectivity index (χ0) is 14.7. The molecule has 2 aromatic heterocycles. The molecule has 0 fully saturated rings. The van der Waals surface area contributed by atoms with Crippen LogP contribution in [0.3, 0.4) is 0 Å². The van der Waals surface area contributed by atoms with Gasteiger partial charge in [-0.15, -0.1) is 11.8 Å². The van der Waals surface area contributed by atoms with E-state index < -0.39 is 0 Å². The molecule has 2 aromatic rings. The maximum absolute atomic E-state index is 9.37. The van der Waals surface area contributed by atoms with Crippen molar-refractivity contribution >= 4 is 11.8 Å². The molecule has 0 saturated heterocycles. The quantitative estimate of drug-likeness (QED) is 0.809. The highest BCUT2D eigenvalue weighted by atomic mass is 32.2. The third-order valence-corrected chi connectivity index (χ3v) is 4.91. The Labute approximate surface area is 129 Å². The minimum atomic E-state index is 0.696. The van der Waals surface area contributed by atoms with Crippen molar-refractivity contribution in [1.29, 1.82) is 5.26 Å². The molecule has 0 aliphatic heterocycles. The fraction of sp³-hybridized carbons (Fsp3) is 0.353.